The van der Waals surface area contributed by atoms with Crippen molar-refractivity contribution in [3.05, 3.63) is 79.2 Å². The van der Waals surface area contributed by atoms with Crippen LogP contribution in [-0.2, 0) is 14.8 Å². The zero-order chi connectivity index (χ0) is 21.4. The molecule has 0 saturated heterocycles. The van der Waals surface area contributed by atoms with Gasteiger partial charge >= 0.3 is 0 Å². The molecule has 0 aliphatic heterocycles. The van der Waals surface area contributed by atoms with E-state index in [4.69, 9.17) is 46.4 Å². The molecule has 0 unspecified atom stereocenters. The summed E-state index contributed by atoms with van der Waals surface area (Å²) in [6.45, 7) is 0. The number of Topliss-reactive ketones (excluding diaryl/α,β-unsaturated/α-hetero) is 1. The molecule has 0 bridgehead atoms. The van der Waals surface area contributed by atoms with Gasteiger partial charge in [-0.1, -0.05) is 80.5 Å². The molecule has 0 amide bonds. The van der Waals surface area contributed by atoms with Gasteiger partial charge in [0.1, 0.15) is 10.1 Å². The van der Waals surface area contributed by atoms with Gasteiger partial charge in [-0.05, 0) is 36.4 Å². The van der Waals surface area contributed by atoms with Crippen LogP contribution in [0, 0.1) is 0 Å². The van der Waals surface area contributed by atoms with Gasteiger partial charge in [-0.2, -0.15) is 4.72 Å². The number of hydrogen-bond donors (Lipinski definition) is 2. The minimum Gasteiger partial charge on any atom is -0.357 e. The molecule has 29 heavy (non-hydrogen) atoms. The van der Waals surface area contributed by atoms with Crippen LogP contribution in [0.15, 0.2) is 84.1 Å². The van der Waals surface area contributed by atoms with Crippen LogP contribution in [0.25, 0.3) is 0 Å². The SMILES string of the molecule is O=C1C(Cl)=C(Cl)C(Nc2ccc(Br)cc2)(NS(=O)(=O)c2ccccc2)C(Cl)=C1Cl. The summed E-state index contributed by atoms with van der Waals surface area (Å²) in [5.74, 6) is -0.810. The number of benzene rings is 2. The molecule has 3 rings (SSSR count). The van der Waals surface area contributed by atoms with Gasteiger partial charge in [-0.3, -0.25) is 4.79 Å². The molecule has 2 aromatic rings. The summed E-state index contributed by atoms with van der Waals surface area (Å²) in [5.41, 5.74) is -1.56. The molecule has 2 N–H and O–H groups in total. The van der Waals surface area contributed by atoms with Crippen molar-refractivity contribution in [2.24, 2.45) is 0 Å². The lowest BCUT2D eigenvalue weighted by atomic mass is 10.0. The third-order valence-electron chi connectivity index (χ3n) is 3.96. The summed E-state index contributed by atoms with van der Waals surface area (Å²) in [4.78, 5) is 12.2. The van der Waals surface area contributed by atoms with E-state index in [1.54, 1.807) is 42.5 Å². The molecule has 0 atom stereocenters. The fourth-order valence-electron chi connectivity index (χ4n) is 2.56. The first-order valence-electron chi connectivity index (χ1n) is 7.87. The van der Waals surface area contributed by atoms with E-state index in [1.807, 2.05) is 0 Å². The van der Waals surface area contributed by atoms with Crippen molar-refractivity contribution in [2.45, 2.75) is 10.6 Å². The molecule has 0 saturated carbocycles. The molecule has 1 aliphatic carbocycles. The average Bonchev–Trinajstić information content (AvgIpc) is 2.71. The number of anilines is 1. The molecular weight excluding hydrogens is 546 g/mol. The lowest BCUT2D eigenvalue weighted by Crippen LogP contribution is -2.57. The van der Waals surface area contributed by atoms with Crippen molar-refractivity contribution < 1.29 is 13.2 Å². The summed E-state index contributed by atoms with van der Waals surface area (Å²) < 4.78 is 29.3. The zero-order valence-electron chi connectivity index (χ0n) is 14.2. The number of hydrogen-bond acceptors (Lipinski definition) is 4. The largest absolute Gasteiger partial charge is 0.357 e. The predicted octanol–water partition coefficient (Wildman–Crippen LogP) is 5.50. The third-order valence-corrected chi connectivity index (χ3v) is 7.82. The van der Waals surface area contributed by atoms with Crippen molar-refractivity contribution in [3.8, 4) is 0 Å². The standard InChI is InChI=1S/C18H11BrCl4N2O3S/c19-10-6-8-11(9-7-10)24-18(16(22)13(20)15(26)14(21)17(18)23)25-29(27,28)12-4-2-1-3-5-12/h1-9,24-25H. The molecular formula is C18H11BrCl4N2O3S. The number of halogens is 5. The van der Waals surface area contributed by atoms with E-state index in [1.165, 1.54) is 12.1 Å². The first-order chi connectivity index (χ1) is 13.6. The van der Waals surface area contributed by atoms with E-state index in [2.05, 4.69) is 26.0 Å². The number of rotatable bonds is 5. The van der Waals surface area contributed by atoms with Crippen molar-refractivity contribution in [1.29, 1.82) is 0 Å². The van der Waals surface area contributed by atoms with E-state index in [9.17, 15) is 13.2 Å². The summed E-state index contributed by atoms with van der Waals surface area (Å²) in [7, 11) is -4.16. The lowest BCUT2D eigenvalue weighted by molar-refractivity contribution is -0.111. The van der Waals surface area contributed by atoms with Gasteiger partial charge in [0.25, 0.3) is 0 Å². The monoisotopic (exact) mass is 554 g/mol. The first-order valence-corrected chi connectivity index (χ1v) is 11.7. The highest BCUT2D eigenvalue weighted by Crippen LogP contribution is 2.44. The lowest BCUT2D eigenvalue weighted by Gasteiger charge is -2.38. The highest BCUT2D eigenvalue weighted by Gasteiger charge is 2.49. The van der Waals surface area contributed by atoms with Crippen molar-refractivity contribution >= 4 is 83.8 Å². The van der Waals surface area contributed by atoms with Crippen LogP contribution in [0.4, 0.5) is 5.69 Å². The van der Waals surface area contributed by atoms with Gasteiger partial charge in [-0.15, -0.1) is 0 Å². The van der Waals surface area contributed by atoms with Crippen LogP contribution in [0.2, 0.25) is 0 Å². The second-order valence-electron chi connectivity index (χ2n) is 5.89. The Morgan fingerprint density at radius 2 is 1.34 bits per heavy atom. The Morgan fingerprint density at radius 3 is 1.86 bits per heavy atom. The normalized spacial score (nSPS) is 16.9. The molecule has 0 radical (unpaired) electrons. The van der Waals surface area contributed by atoms with Crippen LogP contribution in [-0.4, -0.2) is 19.9 Å². The second-order valence-corrected chi connectivity index (χ2v) is 10.00. The van der Waals surface area contributed by atoms with Crippen LogP contribution < -0.4 is 10.0 Å². The molecule has 2 aromatic carbocycles. The maximum atomic E-state index is 13.0. The van der Waals surface area contributed by atoms with E-state index in [-0.39, 0.29) is 15.0 Å². The summed E-state index contributed by atoms with van der Waals surface area (Å²) in [5, 5.41) is 1.28. The van der Waals surface area contributed by atoms with Crippen molar-refractivity contribution in [2.75, 3.05) is 5.32 Å². The molecule has 0 spiro atoms. The molecule has 0 fully saturated rings. The van der Waals surface area contributed by atoms with Gasteiger partial charge in [0.2, 0.25) is 15.8 Å². The summed E-state index contributed by atoms with van der Waals surface area (Å²) in [6.07, 6.45) is 0. The minimum atomic E-state index is -4.16. The molecule has 1 aliphatic rings. The highest BCUT2D eigenvalue weighted by atomic mass is 79.9. The topological polar surface area (TPSA) is 75.3 Å². The number of ketones is 1. The van der Waals surface area contributed by atoms with E-state index < -0.39 is 31.5 Å². The van der Waals surface area contributed by atoms with Gasteiger partial charge < -0.3 is 5.32 Å². The minimum absolute atomic E-state index is 0.0462. The van der Waals surface area contributed by atoms with E-state index >= 15 is 0 Å². The van der Waals surface area contributed by atoms with Gasteiger partial charge in [0.15, 0.2) is 5.66 Å². The summed E-state index contributed by atoms with van der Waals surface area (Å²) >= 11 is 28.2. The number of carbonyl (C=O) groups is 1. The quantitative estimate of drug-likeness (QED) is 0.477. The Bertz CT molecular complexity index is 1110. The Hall–Kier alpha value is -1.06. The first kappa shape index (κ1) is 22.6. The predicted molar refractivity (Wildman–Crippen MR) is 120 cm³/mol. The number of sulfonamides is 1. The fourth-order valence-corrected chi connectivity index (χ4v) is 5.34. The van der Waals surface area contributed by atoms with Gasteiger partial charge in [0, 0.05) is 10.2 Å². The van der Waals surface area contributed by atoms with Gasteiger partial charge in [-0.25, -0.2) is 8.42 Å². The molecule has 11 heteroatoms. The van der Waals surface area contributed by atoms with Crippen LogP contribution in [0.5, 0.6) is 0 Å². The average molecular weight is 557 g/mol. The van der Waals surface area contributed by atoms with E-state index in [0.29, 0.717) is 5.69 Å². The third kappa shape index (κ3) is 4.37. The Labute approximate surface area is 195 Å². The van der Waals surface area contributed by atoms with Crippen LogP contribution in [0.1, 0.15) is 0 Å². The molecule has 5 nitrogen and oxygen atoms in total. The smallest absolute Gasteiger partial charge is 0.243 e. The zero-order valence-corrected chi connectivity index (χ0v) is 19.6. The Morgan fingerprint density at radius 1 is 0.828 bits per heavy atom. The van der Waals surface area contributed by atoms with E-state index in [0.717, 1.165) is 4.47 Å². The number of carbonyl (C=O) groups excluding carboxylic acids is 1. The highest BCUT2D eigenvalue weighted by molar-refractivity contribution is 9.10. The Kier molecular flexibility index (Phi) is 6.70. The molecule has 0 heterocycles. The van der Waals surface area contributed by atoms with Crippen molar-refractivity contribution in [3.63, 3.8) is 0 Å². The number of allylic oxidation sites excluding steroid dienone is 2. The molecule has 152 valence electrons. The Balaban J connectivity index is 2.19. The van der Waals surface area contributed by atoms with Gasteiger partial charge in [0.05, 0.1) is 15.0 Å². The fraction of sp³-hybridized carbons (Fsp3) is 0.0556. The van der Waals surface area contributed by atoms with Crippen molar-refractivity contribution in [1.82, 2.24) is 4.72 Å². The maximum absolute atomic E-state index is 13.0. The second kappa shape index (κ2) is 8.59. The van der Waals surface area contributed by atoms with Crippen LogP contribution in [0.3, 0.4) is 0 Å². The maximum Gasteiger partial charge on any atom is 0.243 e. The summed E-state index contributed by atoms with van der Waals surface area (Å²) in [6, 6.07) is 14.3. The van der Waals surface area contributed by atoms with Crippen LogP contribution >= 0.6 is 62.3 Å². The number of nitrogens with one attached hydrogen (secondary N) is 2. The molecule has 0 aromatic heterocycles.